The Kier molecular flexibility index (Phi) is 5.15. The monoisotopic (exact) mass is 444 g/mol. The number of hydrogen-bond acceptors (Lipinski definition) is 7. The van der Waals surface area contributed by atoms with E-state index >= 15 is 0 Å². The minimum atomic E-state index is -0.470. The summed E-state index contributed by atoms with van der Waals surface area (Å²) in [6.07, 6.45) is 11.7. The standard InChI is InChI=1S/C24H36N4O2S/c29-23-8-3-1-5-17(23)15-27(12-10-23)21-20-19(7-14-31-20)25-22(26-21)28-13-11-24(30)9-4-2-6-18(24)16-28/h17-18,29-30H,1-16H2. The van der Waals surface area contributed by atoms with E-state index in [0.717, 1.165) is 95.1 Å². The number of aromatic nitrogens is 2. The van der Waals surface area contributed by atoms with E-state index in [1.54, 1.807) is 0 Å². The third-order valence-electron chi connectivity index (χ3n) is 8.93. The van der Waals surface area contributed by atoms with Crippen LogP contribution in [0.25, 0.3) is 0 Å². The van der Waals surface area contributed by atoms with Crippen LogP contribution in [0.4, 0.5) is 11.8 Å². The predicted molar refractivity (Wildman–Crippen MR) is 124 cm³/mol. The van der Waals surface area contributed by atoms with Crippen LogP contribution in [0.5, 0.6) is 0 Å². The predicted octanol–water partition coefficient (Wildman–Crippen LogP) is 3.39. The maximum Gasteiger partial charge on any atom is 0.227 e. The summed E-state index contributed by atoms with van der Waals surface area (Å²) in [4.78, 5) is 16.3. The van der Waals surface area contributed by atoms with Crippen LogP contribution in [0.3, 0.4) is 0 Å². The molecule has 4 fully saturated rings. The van der Waals surface area contributed by atoms with E-state index in [9.17, 15) is 10.2 Å². The molecule has 31 heavy (non-hydrogen) atoms. The molecule has 4 unspecified atom stereocenters. The lowest BCUT2D eigenvalue weighted by Gasteiger charge is -2.48. The molecule has 3 aliphatic heterocycles. The van der Waals surface area contributed by atoms with Gasteiger partial charge in [-0.15, -0.1) is 11.8 Å². The van der Waals surface area contributed by atoms with Gasteiger partial charge in [0.15, 0.2) is 0 Å². The molecule has 6 nitrogen and oxygen atoms in total. The number of thioether (sulfide) groups is 1. The summed E-state index contributed by atoms with van der Waals surface area (Å²) < 4.78 is 0. The first-order valence-corrected chi connectivity index (χ1v) is 13.5. The Morgan fingerprint density at radius 1 is 0.806 bits per heavy atom. The van der Waals surface area contributed by atoms with Crippen LogP contribution in [-0.2, 0) is 6.42 Å². The van der Waals surface area contributed by atoms with Crippen molar-refractivity contribution in [3.05, 3.63) is 5.69 Å². The van der Waals surface area contributed by atoms with Gasteiger partial charge in [-0.3, -0.25) is 0 Å². The SMILES string of the molecule is OC12CCCCC1CN(c1nc3c(c(N4CCC5(O)CCCCC5C4)n1)SCC3)CC2. The molecule has 0 amide bonds. The molecule has 4 heterocycles. The van der Waals surface area contributed by atoms with Gasteiger partial charge in [0.1, 0.15) is 5.82 Å². The number of fused-ring (bicyclic) bond motifs is 3. The highest BCUT2D eigenvalue weighted by Gasteiger charge is 2.45. The average molecular weight is 445 g/mol. The second-order valence-electron chi connectivity index (χ2n) is 10.7. The third-order valence-corrected chi connectivity index (χ3v) is 10.0. The molecule has 4 atom stereocenters. The lowest BCUT2D eigenvalue weighted by Crippen LogP contribution is -2.54. The molecule has 2 saturated carbocycles. The molecule has 6 rings (SSSR count). The third kappa shape index (κ3) is 3.55. The summed E-state index contributed by atoms with van der Waals surface area (Å²) in [5, 5.41) is 22.2. The van der Waals surface area contributed by atoms with Crippen LogP contribution in [0, 0.1) is 11.8 Å². The quantitative estimate of drug-likeness (QED) is 0.724. The van der Waals surface area contributed by atoms with E-state index < -0.39 is 11.2 Å². The Hall–Kier alpha value is -1.05. The Labute approximate surface area is 189 Å². The summed E-state index contributed by atoms with van der Waals surface area (Å²) in [7, 11) is 0. The Morgan fingerprint density at radius 3 is 2.16 bits per heavy atom. The second kappa shape index (κ2) is 7.77. The molecule has 2 aliphatic carbocycles. The first-order valence-electron chi connectivity index (χ1n) is 12.5. The smallest absolute Gasteiger partial charge is 0.227 e. The molecule has 1 aromatic rings. The zero-order chi connectivity index (χ0) is 21.1. The molecule has 0 aromatic carbocycles. The molecular formula is C24H36N4O2S. The first-order chi connectivity index (χ1) is 15.0. The fraction of sp³-hybridized carbons (Fsp3) is 0.833. The maximum atomic E-state index is 11.1. The number of aliphatic hydroxyl groups is 2. The van der Waals surface area contributed by atoms with Crippen LogP contribution in [0.2, 0.25) is 0 Å². The van der Waals surface area contributed by atoms with Gasteiger partial charge in [0.05, 0.1) is 21.8 Å². The van der Waals surface area contributed by atoms with Gasteiger partial charge in [0.25, 0.3) is 0 Å². The summed E-state index contributed by atoms with van der Waals surface area (Å²) in [6.45, 7) is 3.53. The highest BCUT2D eigenvalue weighted by Crippen LogP contribution is 2.45. The normalized spacial score (nSPS) is 37.9. The van der Waals surface area contributed by atoms with Crippen molar-refractivity contribution in [3.63, 3.8) is 0 Å². The fourth-order valence-electron chi connectivity index (χ4n) is 6.91. The van der Waals surface area contributed by atoms with Crippen molar-refractivity contribution in [2.75, 3.05) is 41.7 Å². The largest absolute Gasteiger partial charge is 0.389 e. The summed E-state index contributed by atoms with van der Waals surface area (Å²) in [5.74, 6) is 3.77. The average Bonchev–Trinajstić information content (AvgIpc) is 3.26. The van der Waals surface area contributed by atoms with Crippen molar-refractivity contribution in [1.82, 2.24) is 9.97 Å². The molecule has 1 aromatic heterocycles. The molecule has 0 spiro atoms. The molecule has 0 radical (unpaired) electrons. The number of hydrogen-bond donors (Lipinski definition) is 2. The fourth-order valence-corrected chi connectivity index (χ4v) is 8.03. The molecule has 5 aliphatic rings. The number of rotatable bonds is 2. The number of piperidine rings is 2. The lowest BCUT2D eigenvalue weighted by molar-refractivity contribution is -0.0615. The Balaban J connectivity index is 1.28. The van der Waals surface area contributed by atoms with Crippen molar-refractivity contribution < 1.29 is 10.2 Å². The van der Waals surface area contributed by atoms with Gasteiger partial charge in [0, 0.05) is 50.2 Å². The topological polar surface area (TPSA) is 72.7 Å². The van der Waals surface area contributed by atoms with Gasteiger partial charge in [0.2, 0.25) is 5.95 Å². The zero-order valence-electron chi connectivity index (χ0n) is 18.6. The summed E-state index contributed by atoms with van der Waals surface area (Å²) in [5.41, 5.74) is 0.279. The lowest BCUT2D eigenvalue weighted by atomic mass is 9.71. The summed E-state index contributed by atoms with van der Waals surface area (Å²) in [6, 6.07) is 0. The van der Waals surface area contributed by atoms with Gasteiger partial charge >= 0.3 is 0 Å². The van der Waals surface area contributed by atoms with Crippen molar-refractivity contribution >= 4 is 23.5 Å². The van der Waals surface area contributed by atoms with Crippen molar-refractivity contribution in [2.24, 2.45) is 11.8 Å². The van der Waals surface area contributed by atoms with Gasteiger partial charge < -0.3 is 20.0 Å². The summed E-state index contributed by atoms with van der Waals surface area (Å²) >= 11 is 1.90. The number of nitrogens with zero attached hydrogens (tertiary/aromatic N) is 4. The Morgan fingerprint density at radius 2 is 1.45 bits per heavy atom. The van der Waals surface area contributed by atoms with Gasteiger partial charge in [-0.25, -0.2) is 4.98 Å². The Bertz CT molecular complexity index is 853. The van der Waals surface area contributed by atoms with Crippen LogP contribution in [-0.4, -0.2) is 63.3 Å². The van der Waals surface area contributed by atoms with Crippen LogP contribution in [0.1, 0.15) is 69.9 Å². The van der Waals surface area contributed by atoms with E-state index in [2.05, 4.69) is 9.80 Å². The highest BCUT2D eigenvalue weighted by molar-refractivity contribution is 7.99. The number of anilines is 2. The van der Waals surface area contributed by atoms with Crippen LogP contribution in [0.15, 0.2) is 4.90 Å². The van der Waals surface area contributed by atoms with Crippen molar-refractivity contribution in [2.45, 2.75) is 86.7 Å². The maximum absolute atomic E-state index is 11.1. The molecule has 170 valence electrons. The van der Waals surface area contributed by atoms with Crippen molar-refractivity contribution in [3.8, 4) is 0 Å². The van der Waals surface area contributed by atoms with Crippen molar-refractivity contribution in [1.29, 1.82) is 0 Å². The van der Waals surface area contributed by atoms with E-state index in [1.807, 2.05) is 11.8 Å². The van der Waals surface area contributed by atoms with Gasteiger partial charge in [-0.2, -0.15) is 4.98 Å². The minimum Gasteiger partial charge on any atom is -0.389 e. The highest BCUT2D eigenvalue weighted by atomic mass is 32.2. The molecule has 7 heteroatoms. The van der Waals surface area contributed by atoms with E-state index in [4.69, 9.17) is 9.97 Å². The van der Waals surface area contributed by atoms with E-state index in [-0.39, 0.29) is 0 Å². The van der Waals surface area contributed by atoms with Gasteiger partial charge in [-0.1, -0.05) is 25.7 Å². The van der Waals surface area contributed by atoms with Gasteiger partial charge in [-0.05, 0) is 38.5 Å². The first kappa shape index (κ1) is 20.5. The molecule has 2 N–H and O–H groups in total. The van der Waals surface area contributed by atoms with E-state index in [0.29, 0.717) is 11.8 Å². The molecule has 2 saturated heterocycles. The molecular weight excluding hydrogens is 408 g/mol. The van der Waals surface area contributed by atoms with Crippen LogP contribution < -0.4 is 9.80 Å². The minimum absolute atomic E-state index is 0.344. The second-order valence-corrected chi connectivity index (χ2v) is 11.8. The van der Waals surface area contributed by atoms with Crippen LogP contribution >= 0.6 is 11.8 Å². The number of aryl methyl sites for hydroxylation is 1. The van der Waals surface area contributed by atoms with E-state index in [1.165, 1.54) is 29.9 Å². The molecule has 0 bridgehead atoms. The zero-order valence-corrected chi connectivity index (χ0v) is 19.4.